The van der Waals surface area contributed by atoms with Crippen molar-refractivity contribution in [1.82, 2.24) is 9.47 Å². The van der Waals surface area contributed by atoms with Gasteiger partial charge in [-0.05, 0) is 54.6 Å². The third-order valence-corrected chi connectivity index (χ3v) is 4.78. The van der Waals surface area contributed by atoms with E-state index in [1.54, 1.807) is 0 Å². The van der Waals surface area contributed by atoms with Crippen LogP contribution in [0, 0.1) is 0 Å². The molecule has 0 radical (unpaired) electrons. The van der Waals surface area contributed by atoms with Gasteiger partial charge in [-0.15, -0.1) is 0 Å². The molecule has 0 unspecified atom stereocenters. The predicted molar refractivity (Wildman–Crippen MR) is 79.4 cm³/mol. The van der Waals surface area contributed by atoms with Crippen molar-refractivity contribution in [3.8, 4) is 0 Å². The van der Waals surface area contributed by atoms with E-state index in [1.807, 2.05) is 6.07 Å². The van der Waals surface area contributed by atoms with Gasteiger partial charge in [0.25, 0.3) is 5.91 Å². The summed E-state index contributed by atoms with van der Waals surface area (Å²) in [5.74, 6) is 0.215. The van der Waals surface area contributed by atoms with Gasteiger partial charge in [-0.2, -0.15) is 0 Å². The maximum atomic E-state index is 12.8. The molecule has 3 nitrogen and oxygen atoms in total. The minimum absolute atomic E-state index is 0.215. The molecule has 1 amide bonds. The molecular weight excluding hydrogens is 304 g/mol. The zero-order chi connectivity index (χ0) is 13.4. The van der Waals surface area contributed by atoms with Gasteiger partial charge in [0.2, 0.25) is 0 Å². The molecule has 1 aromatic heterocycles. The summed E-state index contributed by atoms with van der Waals surface area (Å²) in [6.45, 7) is 2.91. The van der Waals surface area contributed by atoms with Gasteiger partial charge in [0, 0.05) is 29.3 Å². The summed E-state index contributed by atoms with van der Waals surface area (Å²) in [4.78, 5) is 14.9. The van der Waals surface area contributed by atoms with E-state index in [0.717, 1.165) is 16.7 Å². The van der Waals surface area contributed by atoms with E-state index in [4.69, 9.17) is 0 Å². The quantitative estimate of drug-likeness (QED) is 0.822. The van der Waals surface area contributed by atoms with Gasteiger partial charge in [-0.3, -0.25) is 4.79 Å². The minimum Gasteiger partial charge on any atom is -0.339 e. The van der Waals surface area contributed by atoms with E-state index in [1.165, 1.54) is 38.5 Å². The molecule has 0 aliphatic heterocycles. The molecule has 19 heavy (non-hydrogen) atoms. The van der Waals surface area contributed by atoms with Crippen molar-refractivity contribution in [2.75, 3.05) is 6.54 Å². The molecule has 0 spiro atoms. The Bertz CT molecular complexity index is 472. The van der Waals surface area contributed by atoms with Crippen molar-refractivity contribution >= 4 is 21.8 Å². The Morgan fingerprint density at radius 2 is 2.05 bits per heavy atom. The van der Waals surface area contributed by atoms with Crippen molar-refractivity contribution in [2.24, 2.45) is 0 Å². The lowest BCUT2D eigenvalue weighted by Gasteiger charge is -2.28. The van der Waals surface area contributed by atoms with Crippen LogP contribution in [0.2, 0.25) is 0 Å². The van der Waals surface area contributed by atoms with Crippen LogP contribution in [0.1, 0.15) is 62.0 Å². The van der Waals surface area contributed by atoms with Crippen LogP contribution in [0.3, 0.4) is 0 Å². The van der Waals surface area contributed by atoms with Crippen LogP contribution in [0.5, 0.6) is 0 Å². The highest BCUT2D eigenvalue weighted by molar-refractivity contribution is 9.10. The fourth-order valence-corrected chi connectivity index (χ4v) is 3.64. The average molecular weight is 325 g/mol. The summed E-state index contributed by atoms with van der Waals surface area (Å²) in [6, 6.07) is 2.99. The van der Waals surface area contributed by atoms with E-state index in [9.17, 15) is 4.79 Å². The van der Waals surface area contributed by atoms with Crippen molar-refractivity contribution < 1.29 is 4.79 Å². The molecule has 0 bridgehead atoms. The van der Waals surface area contributed by atoms with Crippen molar-refractivity contribution in [3.63, 3.8) is 0 Å². The number of nitrogens with zero attached hydrogens (tertiary/aromatic N) is 2. The molecule has 2 saturated carbocycles. The zero-order valence-corrected chi connectivity index (χ0v) is 13.0. The summed E-state index contributed by atoms with van der Waals surface area (Å²) in [6.07, 6.45) is 9.35. The summed E-state index contributed by atoms with van der Waals surface area (Å²) in [5, 5.41) is 0. The molecule has 1 heterocycles. The first-order valence-corrected chi connectivity index (χ1v) is 8.18. The number of hydrogen-bond donors (Lipinski definition) is 0. The third kappa shape index (κ3) is 2.60. The standard InChI is InChI=1S/C15H21BrN2O/c1-2-17(12-5-3-4-6-12)15(19)14-9-11(16)10-18(14)13-7-8-13/h9-10,12-13H,2-8H2,1H3. The summed E-state index contributed by atoms with van der Waals surface area (Å²) < 4.78 is 3.19. The van der Waals surface area contributed by atoms with Crippen LogP contribution in [0.25, 0.3) is 0 Å². The normalized spacial score (nSPS) is 19.9. The van der Waals surface area contributed by atoms with Crippen LogP contribution in [-0.2, 0) is 0 Å². The molecule has 1 aromatic rings. The summed E-state index contributed by atoms with van der Waals surface area (Å²) in [5.41, 5.74) is 0.864. The van der Waals surface area contributed by atoms with E-state index in [-0.39, 0.29) is 5.91 Å². The topological polar surface area (TPSA) is 25.2 Å². The first kappa shape index (κ1) is 13.2. The molecule has 2 aliphatic rings. The number of amides is 1. The Morgan fingerprint density at radius 3 is 2.63 bits per heavy atom. The van der Waals surface area contributed by atoms with Crippen molar-refractivity contribution in [2.45, 2.75) is 57.5 Å². The number of hydrogen-bond acceptors (Lipinski definition) is 1. The lowest BCUT2D eigenvalue weighted by Crippen LogP contribution is -2.39. The molecule has 0 aromatic carbocycles. The maximum Gasteiger partial charge on any atom is 0.270 e. The average Bonchev–Trinajstić information content (AvgIpc) is 2.95. The number of aromatic nitrogens is 1. The van der Waals surface area contributed by atoms with Gasteiger partial charge >= 0.3 is 0 Å². The van der Waals surface area contributed by atoms with Gasteiger partial charge in [0.05, 0.1) is 0 Å². The predicted octanol–water partition coefficient (Wildman–Crippen LogP) is 3.99. The Labute approximate surface area is 123 Å². The SMILES string of the molecule is CCN(C(=O)c1cc(Br)cn1C1CC1)C1CCCC1. The van der Waals surface area contributed by atoms with Gasteiger partial charge in [0.1, 0.15) is 5.69 Å². The van der Waals surface area contributed by atoms with Gasteiger partial charge in [-0.1, -0.05) is 12.8 Å². The largest absolute Gasteiger partial charge is 0.339 e. The van der Waals surface area contributed by atoms with Crippen molar-refractivity contribution in [3.05, 3.63) is 22.4 Å². The third-order valence-electron chi connectivity index (χ3n) is 4.34. The Hall–Kier alpha value is -0.770. The number of carbonyl (C=O) groups is 1. The summed E-state index contributed by atoms with van der Waals surface area (Å²) >= 11 is 3.51. The highest BCUT2D eigenvalue weighted by Crippen LogP contribution is 2.38. The number of rotatable bonds is 4. The van der Waals surface area contributed by atoms with E-state index in [0.29, 0.717) is 12.1 Å². The van der Waals surface area contributed by atoms with Crippen LogP contribution in [0.4, 0.5) is 0 Å². The highest BCUT2D eigenvalue weighted by Gasteiger charge is 2.32. The summed E-state index contributed by atoms with van der Waals surface area (Å²) in [7, 11) is 0. The second-order valence-corrected chi connectivity index (χ2v) is 6.63. The smallest absolute Gasteiger partial charge is 0.270 e. The van der Waals surface area contributed by atoms with Gasteiger partial charge < -0.3 is 9.47 Å². The fourth-order valence-electron chi connectivity index (χ4n) is 3.20. The Kier molecular flexibility index (Phi) is 3.70. The fraction of sp³-hybridized carbons (Fsp3) is 0.667. The molecule has 2 aliphatic carbocycles. The molecule has 3 rings (SSSR count). The Balaban J connectivity index is 1.85. The molecule has 4 heteroatoms. The lowest BCUT2D eigenvalue weighted by atomic mass is 10.2. The van der Waals surface area contributed by atoms with E-state index < -0.39 is 0 Å². The number of halogens is 1. The second kappa shape index (κ2) is 5.31. The molecule has 0 atom stereocenters. The van der Waals surface area contributed by atoms with E-state index in [2.05, 4.69) is 38.5 Å². The lowest BCUT2D eigenvalue weighted by molar-refractivity contribution is 0.0682. The monoisotopic (exact) mass is 324 g/mol. The van der Waals surface area contributed by atoms with Crippen LogP contribution >= 0.6 is 15.9 Å². The van der Waals surface area contributed by atoms with E-state index >= 15 is 0 Å². The molecular formula is C15H21BrN2O. The first-order valence-electron chi connectivity index (χ1n) is 7.39. The maximum absolute atomic E-state index is 12.8. The molecule has 2 fully saturated rings. The zero-order valence-electron chi connectivity index (χ0n) is 11.4. The Morgan fingerprint density at radius 1 is 1.37 bits per heavy atom. The molecule has 104 valence electrons. The van der Waals surface area contributed by atoms with Crippen LogP contribution < -0.4 is 0 Å². The van der Waals surface area contributed by atoms with Gasteiger partial charge in [-0.25, -0.2) is 0 Å². The molecule has 0 N–H and O–H groups in total. The number of carbonyl (C=O) groups excluding carboxylic acids is 1. The minimum atomic E-state index is 0.215. The van der Waals surface area contributed by atoms with Crippen molar-refractivity contribution in [1.29, 1.82) is 0 Å². The molecule has 0 saturated heterocycles. The van der Waals surface area contributed by atoms with Gasteiger partial charge in [0.15, 0.2) is 0 Å². The van der Waals surface area contributed by atoms with Crippen LogP contribution in [-0.4, -0.2) is 28.0 Å². The first-order chi connectivity index (χ1) is 9.20. The van der Waals surface area contributed by atoms with Crippen LogP contribution in [0.15, 0.2) is 16.7 Å². The second-order valence-electron chi connectivity index (χ2n) is 5.71. The highest BCUT2D eigenvalue weighted by atomic mass is 79.9.